The van der Waals surface area contributed by atoms with Crippen LogP contribution in [0, 0.1) is 0 Å². The highest BCUT2D eigenvalue weighted by atomic mass is 19.2. The quantitative estimate of drug-likeness (QED) is 0.880. The van der Waals surface area contributed by atoms with E-state index in [2.05, 4.69) is 0 Å². The van der Waals surface area contributed by atoms with Crippen LogP contribution in [0.4, 0.5) is 13.0 Å². The van der Waals surface area contributed by atoms with Crippen molar-refractivity contribution in [1.82, 2.24) is 4.57 Å². The fourth-order valence-corrected chi connectivity index (χ4v) is 2.40. The third-order valence-corrected chi connectivity index (χ3v) is 3.50. The topological polar surface area (TPSA) is 68.5 Å². The highest BCUT2D eigenvalue weighted by Crippen LogP contribution is 2.42. The maximum atomic E-state index is 13.4. The number of methoxy groups -OCH3 is 1. The van der Waals surface area contributed by atoms with Gasteiger partial charge >= 0.3 is 13.8 Å². The van der Waals surface area contributed by atoms with Gasteiger partial charge in [0.2, 0.25) is 5.43 Å². The molecule has 1 aliphatic rings. The first-order valence-electron chi connectivity index (χ1n) is 6.57. The van der Waals surface area contributed by atoms with E-state index < -0.39 is 31.4 Å². The zero-order valence-corrected chi connectivity index (χ0v) is 12.0. The van der Waals surface area contributed by atoms with Crippen molar-refractivity contribution in [2.75, 3.05) is 7.11 Å². The summed E-state index contributed by atoms with van der Waals surface area (Å²) < 4.78 is 39.1. The Balaban J connectivity index is 0.000000595. The molecule has 5 nitrogen and oxygen atoms in total. The molecule has 0 bridgehead atoms. The van der Waals surface area contributed by atoms with Crippen LogP contribution in [0.1, 0.15) is 22.8 Å². The van der Waals surface area contributed by atoms with Crippen molar-refractivity contribution >= 4 is 24.7 Å². The van der Waals surface area contributed by atoms with Gasteiger partial charge in [0, 0.05) is 12.6 Å². The van der Waals surface area contributed by atoms with E-state index in [0.717, 1.165) is 0 Å². The Morgan fingerprint density at radius 3 is 2.52 bits per heavy atom. The third kappa shape index (κ3) is 3.18. The van der Waals surface area contributed by atoms with Gasteiger partial charge in [0.05, 0.1) is 24.1 Å². The summed E-state index contributed by atoms with van der Waals surface area (Å²) in [6.07, 6.45) is 0.502. The number of carbonyl (C=O) groups is 1. The molecule has 1 fully saturated rings. The van der Waals surface area contributed by atoms with Crippen LogP contribution >= 0.6 is 0 Å². The Labute approximate surface area is 129 Å². The van der Waals surface area contributed by atoms with E-state index in [0.29, 0.717) is 17.7 Å². The second-order valence-electron chi connectivity index (χ2n) is 4.84. The smallest absolute Gasteiger partial charge is 0.495 e. The number of hydrogen-bond acceptors (Lipinski definition) is 3. The summed E-state index contributed by atoms with van der Waals surface area (Å²) >= 11 is 0. The predicted molar refractivity (Wildman–Crippen MR) is 78.2 cm³/mol. The van der Waals surface area contributed by atoms with Gasteiger partial charge in [0.15, 0.2) is 0 Å². The summed E-state index contributed by atoms with van der Waals surface area (Å²) in [7, 11) is 0.453. The highest BCUT2D eigenvalue weighted by molar-refractivity contribution is 6.15. The molecule has 23 heavy (non-hydrogen) atoms. The van der Waals surface area contributed by atoms with Crippen molar-refractivity contribution in [3.05, 3.63) is 40.2 Å². The lowest BCUT2D eigenvalue weighted by molar-refractivity contribution is 0.0694. The van der Waals surface area contributed by atoms with Gasteiger partial charge in [-0.2, -0.15) is 0 Å². The second kappa shape index (κ2) is 6.76. The molecule has 0 saturated heterocycles. The second-order valence-corrected chi connectivity index (χ2v) is 4.84. The minimum atomic E-state index is -1.32. The Bertz CT molecular complexity index is 795. The lowest BCUT2D eigenvalue weighted by Crippen LogP contribution is -2.19. The number of nitrogens with zero attached hydrogens (tertiary/aromatic N) is 1. The molecule has 1 N–H and O–H groups in total. The Morgan fingerprint density at radius 2 is 2.04 bits per heavy atom. The van der Waals surface area contributed by atoms with Gasteiger partial charge in [-0.25, -0.2) is 9.18 Å². The van der Waals surface area contributed by atoms with E-state index in [1.165, 1.54) is 23.9 Å². The predicted octanol–water partition coefficient (Wildman–Crippen LogP) is 2.45. The lowest BCUT2D eigenvalue weighted by atomic mass is 10.1. The van der Waals surface area contributed by atoms with Crippen LogP contribution in [0.25, 0.3) is 10.9 Å². The molecule has 2 atom stereocenters. The first-order valence-corrected chi connectivity index (χ1v) is 6.57. The van der Waals surface area contributed by atoms with E-state index in [4.69, 9.17) is 9.84 Å². The van der Waals surface area contributed by atoms with Crippen molar-refractivity contribution in [2.24, 2.45) is 0 Å². The van der Waals surface area contributed by atoms with Crippen LogP contribution in [-0.4, -0.2) is 36.8 Å². The number of rotatable bonds is 3. The van der Waals surface area contributed by atoms with Gasteiger partial charge in [-0.05, 0) is 12.1 Å². The Kier molecular flexibility index (Phi) is 4.97. The molecule has 121 valence electrons. The summed E-state index contributed by atoms with van der Waals surface area (Å²) in [5.74, 6) is -0.889. The van der Waals surface area contributed by atoms with Gasteiger partial charge < -0.3 is 14.4 Å². The fourth-order valence-electron chi connectivity index (χ4n) is 2.40. The van der Waals surface area contributed by atoms with Crippen LogP contribution < -0.4 is 10.2 Å². The lowest BCUT2D eigenvalue weighted by Gasteiger charge is -2.14. The van der Waals surface area contributed by atoms with Crippen molar-refractivity contribution in [2.45, 2.75) is 18.6 Å². The van der Waals surface area contributed by atoms with Gasteiger partial charge in [0.1, 0.15) is 17.5 Å². The number of carboxylic acids is 1. The molecule has 0 unspecified atom stereocenters. The number of halogens is 3. The van der Waals surface area contributed by atoms with E-state index in [9.17, 15) is 22.6 Å². The number of fused-ring (bicyclic) bond motifs is 1. The minimum Gasteiger partial charge on any atom is -0.495 e. The van der Waals surface area contributed by atoms with Gasteiger partial charge in [-0.15, -0.1) is 0 Å². The zero-order valence-electron chi connectivity index (χ0n) is 12.0. The molecule has 3 rings (SSSR count). The standard InChI is InChI=1S/C14H12FNO4.BF2/c1-20-11-4-2-3-7-12(11)16(10-5-9(10)15)6-8(13(7)17)14(18)19;2-1-3/h2-4,6,9-10H,5H2,1H3,(H,18,19);/t9-,10+;/m0./s1. The molecule has 1 aromatic heterocycles. The summed E-state index contributed by atoms with van der Waals surface area (Å²) in [5.41, 5.74) is -0.501. The number of hydrogen-bond donors (Lipinski definition) is 1. The first-order chi connectivity index (χ1) is 11.0. The minimum absolute atomic E-state index is 0.225. The molecule has 2 aromatic rings. The summed E-state index contributed by atoms with van der Waals surface area (Å²) in [6.45, 7) is 0. The molecule has 0 spiro atoms. The van der Waals surface area contributed by atoms with Gasteiger partial charge in [-0.1, -0.05) is 6.07 Å². The molecular formula is C14H12BF3NO4. The summed E-state index contributed by atoms with van der Waals surface area (Å²) in [6, 6.07) is 4.36. The van der Waals surface area contributed by atoms with E-state index in [-0.39, 0.29) is 10.9 Å². The van der Waals surface area contributed by atoms with Crippen LogP contribution in [0.2, 0.25) is 0 Å². The number of aromatic carboxylic acids is 1. The van der Waals surface area contributed by atoms with Crippen molar-refractivity contribution < 1.29 is 27.7 Å². The number of carboxylic acid groups (broad SMARTS) is 1. The molecule has 1 aliphatic carbocycles. The van der Waals surface area contributed by atoms with E-state index in [1.54, 1.807) is 12.1 Å². The molecular weight excluding hydrogens is 314 g/mol. The third-order valence-electron chi connectivity index (χ3n) is 3.50. The number of para-hydroxylation sites is 1. The van der Waals surface area contributed by atoms with Crippen LogP contribution in [0.3, 0.4) is 0 Å². The van der Waals surface area contributed by atoms with Gasteiger partial charge in [-0.3, -0.25) is 13.4 Å². The average Bonchev–Trinajstić information content (AvgIpc) is 3.24. The number of benzene rings is 1. The molecule has 1 saturated carbocycles. The monoisotopic (exact) mass is 326 g/mol. The molecule has 1 aromatic carbocycles. The van der Waals surface area contributed by atoms with Crippen LogP contribution in [-0.2, 0) is 0 Å². The highest BCUT2D eigenvalue weighted by Gasteiger charge is 2.40. The van der Waals surface area contributed by atoms with E-state index in [1.807, 2.05) is 0 Å². The molecule has 1 heterocycles. The largest absolute Gasteiger partial charge is 0.577 e. The molecule has 0 aliphatic heterocycles. The summed E-state index contributed by atoms with van der Waals surface area (Å²) in [5, 5.41) is 9.33. The number of alkyl halides is 1. The van der Waals surface area contributed by atoms with Crippen molar-refractivity contribution in [3.63, 3.8) is 0 Å². The zero-order chi connectivity index (χ0) is 17.1. The van der Waals surface area contributed by atoms with Gasteiger partial charge in [0.25, 0.3) is 0 Å². The normalized spacial score (nSPS) is 18.8. The maximum absolute atomic E-state index is 13.4. The SMILES string of the molecule is COc1cccc2c(=O)c(C(=O)O)cn([C@@H]3C[C@@H]3F)c12.F[B]F. The summed E-state index contributed by atoms with van der Waals surface area (Å²) in [4.78, 5) is 23.3. The average molecular weight is 326 g/mol. The Morgan fingerprint density at radius 1 is 1.43 bits per heavy atom. The maximum Gasteiger partial charge on any atom is 0.577 e. The fraction of sp³-hybridized carbons (Fsp3) is 0.286. The molecule has 0 amide bonds. The van der Waals surface area contributed by atoms with Crippen LogP contribution in [0.5, 0.6) is 5.75 Å². The first kappa shape index (κ1) is 16.9. The molecule has 1 radical (unpaired) electrons. The number of pyridine rings is 1. The Hall–Kier alpha value is -2.45. The van der Waals surface area contributed by atoms with E-state index >= 15 is 0 Å². The van der Waals surface area contributed by atoms with Crippen LogP contribution in [0.15, 0.2) is 29.2 Å². The van der Waals surface area contributed by atoms with Crippen molar-refractivity contribution in [1.29, 1.82) is 0 Å². The number of ether oxygens (including phenoxy) is 1. The number of aromatic nitrogens is 1. The van der Waals surface area contributed by atoms with Crippen molar-refractivity contribution in [3.8, 4) is 5.75 Å². The molecule has 9 heteroatoms.